The van der Waals surface area contributed by atoms with Gasteiger partial charge in [-0.3, -0.25) is 4.79 Å². The lowest BCUT2D eigenvalue weighted by Crippen LogP contribution is -2.36. The van der Waals surface area contributed by atoms with Crippen molar-refractivity contribution in [3.8, 4) is 0 Å². The number of carbonyl (C=O) groups is 3. The molecule has 3 rings (SSSR count). The van der Waals surface area contributed by atoms with Crippen molar-refractivity contribution in [3.05, 3.63) is 64.2 Å². The minimum atomic E-state index is -0.761. The Hall–Kier alpha value is -2.86. The van der Waals surface area contributed by atoms with Crippen LogP contribution < -0.4 is 5.32 Å². The van der Waals surface area contributed by atoms with Crippen molar-refractivity contribution in [1.29, 1.82) is 0 Å². The lowest BCUT2D eigenvalue weighted by molar-refractivity contribution is -0.119. The van der Waals surface area contributed by atoms with E-state index in [1.165, 1.54) is 6.07 Å². The number of nitrogens with one attached hydrogen (secondary N) is 1. The maximum absolute atomic E-state index is 13.0. The molecular formula is C27H32ClNO5. The number of amides is 1. The van der Waals surface area contributed by atoms with Crippen LogP contribution in [0.15, 0.2) is 42.5 Å². The molecule has 0 spiro atoms. The van der Waals surface area contributed by atoms with Crippen LogP contribution in [0.3, 0.4) is 0 Å². The van der Waals surface area contributed by atoms with Crippen LogP contribution in [0.1, 0.15) is 66.3 Å². The van der Waals surface area contributed by atoms with Gasteiger partial charge in [0.25, 0.3) is 5.91 Å². The molecule has 0 unspecified atom stereocenters. The average molecular weight is 486 g/mol. The van der Waals surface area contributed by atoms with E-state index in [-0.39, 0.29) is 23.1 Å². The van der Waals surface area contributed by atoms with Gasteiger partial charge in [-0.25, -0.2) is 9.59 Å². The van der Waals surface area contributed by atoms with Gasteiger partial charge in [-0.05, 0) is 67.3 Å². The van der Waals surface area contributed by atoms with Gasteiger partial charge in [-0.15, -0.1) is 0 Å². The number of rotatable bonds is 7. The van der Waals surface area contributed by atoms with E-state index in [4.69, 9.17) is 21.1 Å². The fourth-order valence-corrected chi connectivity index (χ4v) is 4.60. The summed E-state index contributed by atoms with van der Waals surface area (Å²) in [4.78, 5) is 38.1. The van der Waals surface area contributed by atoms with Gasteiger partial charge in [0.15, 0.2) is 6.61 Å². The average Bonchev–Trinajstić information content (AvgIpc) is 2.80. The first-order valence-electron chi connectivity index (χ1n) is 11.7. The number of halogens is 1. The molecule has 0 radical (unpaired) electrons. The van der Waals surface area contributed by atoms with Gasteiger partial charge in [0, 0.05) is 10.7 Å². The van der Waals surface area contributed by atoms with E-state index in [1.807, 2.05) is 0 Å². The molecule has 1 aliphatic rings. The van der Waals surface area contributed by atoms with Crippen LogP contribution in [-0.2, 0) is 14.3 Å². The van der Waals surface area contributed by atoms with Crippen molar-refractivity contribution in [2.45, 2.75) is 53.1 Å². The number of benzene rings is 2. The highest BCUT2D eigenvalue weighted by molar-refractivity contribution is 6.31. The van der Waals surface area contributed by atoms with Gasteiger partial charge in [-0.2, -0.15) is 0 Å². The molecule has 182 valence electrons. The Morgan fingerprint density at radius 1 is 1.03 bits per heavy atom. The predicted molar refractivity (Wildman–Crippen MR) is 132 cm³/mol. The van der Waals surface area contributed by atoms with Gasteiger partial charge < -0.3 is 14.8 Å². The SMILES string of the molecule is Cc1c(Cl)cccc1NC(=O)COC(=O)c1ccccc1C(=O)O[C@@H]1C[C@H](C)CC[C@@H]1C(C)C. The number of carbonyl (C=O) groups excluding carboxylic acids is 3. The summed E-state index contributed by atoms with van der Waals surface area (Å²) in [7, 11) is 0. The molecule has 1 fully saturated rings. The number of esters is 2. The predicted octanol–water partition coefficient (Wildman–Crippen LogP) is 6.06. The first kappa shape index (κ1) is 25.8. The maximum Gasteiger partial charge on any atom is 0.339 e. The summed E-state index contributed by atoms with van der Waals surface area (Å²) in [5, 5.41) is 3.20. The molecule has 0 bridgehead atoms. The van der Waals surface area contributed by atoms with Crippen molar-refractivity contribution in [2.24, 2.45) is 17.8 Å². The maximum atomic E-state index is 13.0. The van der Waals surface area contributed by atoms with Crippen LogP contribution in [0.5, 0.6) is 0 Å². The molecule has 0 saturated heterocycles. The minimum absolute atomic E-state index is 0.0733. The third kappa shape index (κ3) is 6.38. The molecule has 2 aromatic rings. The third-order valence-electron chi connectivity index (χ3n) is 6.46. The van der Waals surface area contributed by atoms with E-state index in [0.29, 0.717) is 28.1 Å². The Morgan fingerprint density at radius 2 is 1.71 bits per heavy atom. The number of ether oxygens (including phenoxy) is 2. The van der Waals surface area contributed by atoms with Crippen molar-refractivity contribution in [1.82, 2.24) is 0 Å². The molecule has 0 aliphatic heterocycles. The molecule has 1 aliphatic carbocycles. The second-order valence-corrected chi connectivity index (χ2v) is 9.76. The van der Waals surface area contributed by atoms with Crippen LogP contribution in [0.4, 0.5) is 5.69 Å². The Bertz CT molecular complexity index is 1050. The van der Waals surface area contributed by atoms with E-state index < -0.39 is 24.5 Å². The summed E-state index contributed by atoms with van der Waals surface area (Å²) in [6.07, 6.45) is 2.76. The van der Waals surface area contributed by atoms with E-state index in [1.54, 1.807) is 43.3 Å². The Labute approximate surface area is 206 Å². The van der Waals surface area contributed by atoms with Crippen LogP contribution in [0, 0.1) is 24.7 Å². The van der Waals surface area contributed by atoms with E-state index >= 15 is 0 Å². The quantitative estimate of drug-likeness (QED) is 0.482. The first-order chi connectivity index (χ1) is 16.2. The second kappa shape index (κ2) is 11.5. The molecule has 1 amide bonds. The lowest BCUT2D eigenvalue weighted by Gasteiger charge is -2.36. The minimum Gasteiger partial charge on any atom is -0.458 e. The number of hydrogen-bond donors (Lipinski definition) is 1. The summed E-state index contributed by atoms with van der Waals surface area (Å²) < 4.78 is 11.1. The molecule has 7 heteroatoms. The first-order valence-corrected chi connectivity index (χ1v) is 12.1. The second-order valence-electron chi connectivity index (χ2n) is 9.35. The zero-order chi connectivity index (χ0) is 24.8. The van der Waals surface area contributed by atoms with Crippen molar-refractivity contribution >= 4 is 35.1 Å². The summed E-state index contributed by atoms with van der Waals surface area (Å²) in [5.41, 5.74) is 1.47. The fourth-order valence-electron chi connectivity index (χ4n) is 4.43. The summed E-state index contributed by atoms with van der Waals surface area (Å²) in [6.45, 7) is 7.73. The summed E-state index contributed by atoms with van der Waals surface area (Å²) >= 11 is 6.08. The molecule has 0 heterocycles. The monoisotopic (exact) mass is 485 g/mol. The van der Waals surface area contributed by atoms with E-state index in [0.717, 1.165) is 19.3 Å². The van der Waals surface area contributed by atoms with Crippen molar-refractivity contribution < 1.29 is 23.9 Å². The molecule has 1 N–H and O–H groups in total. The molecule has 2 aromatic carbocycles. The van der Waals surface area contributed by atoms with Crippen LogP contribution in [0.2, 0.25) is 5.02 Å². The number of anilines is 1. The lowest BCUT2D eigenvalue weighted by atomic mass is 9.75. The molecule has 0 aromatic heterocycles. The fraction of sp³-hybridized carbons (Fsp3) is 0.444. The number of hydrogen-bond acceptors (Lipinski definition) is 5. The van der Waals surface area contributed by atoms with Crippen LogP contribution in [0.25, 0.3) is 0 Å². The van der Waals surface area contributed by atoms with Crippen LogP contribution >= 0.6 is 11.6 Å². The highest BCUT2D eigenvalue weighted by Gasteiger charge is 2.34. The van der Waals surface area contributed by atoms with Crippen molar-refractivity contribution in [3.63, 3.8) is 0 Å². The topological polar surface area (TPSA) is 81.7 Å². The summed E-state index contributed by atoms with van der Waals surface area (Å²) in [5.74, 6) is -0.645. The summed E-state index contributed by atoms with van der Waals surface area (Å²) in [6, 6.07) is 11.5. The highest BCUT2D eigenvalue weighted by atomic mass is 35.5. The molecule has 34 heavy (non-hydrogen) atoms. The standard InChI is InChI=1S/C27H32ClNO5/c1-16(2)19-13-12-17(3)14-24(19)34-27(32)21-9-6-5-8-20(21)26(31)33-15-25(30)29-23-11-7-10-22(28)18(23)4/h5-11,16-17,19,24H,12-15H2,1-4H3,(H,29,30)/t17-,19-,24-/m1/s1. The van der Waals surface area contributed by atoms with Crippen LogP contribution in [-0.4, -0.2) is 30.6 Å². The van der Waals surface area contributed by atoms with Crippen molar-refractivity contribution in [2.75, 3.05) is 11.9 Å². The molecular weight excluding hydrogens is 454 g/mol. The molecule has 1 saturated carbocycles. The van der Waals surface area contributed by atoms with Gasteiger partial charge >= 0.3 is 11.9 Å². The Kier molecular flexibility index (Phi) is 8.72. The largest absolute Gasteiger partial charge is 0.458 e. The molecule has 6 nitrogen and oxygen atoms in total. The Morgan fingerprint density at radius 3 is 2.38 bits per heavy atom. The third-order valence-corrected chi connectivity index (χ3v) is 6.87. The highest BCUT2D eigenvalue weighted by Crippen LogP contribution is 2.36. The van der Waals surface area contributed by atoms with Gasteiger partial charge in [-0.1, -0.05) is 57.0 Å². The van der Waals surface area contributed by atoms with Gasteiger partial charge in [0.2, 0.25) is 0 Å². The van der Waals surface area contributed by atoms with E-state index in [9.17, 15) is 14.4 Å². The normalized spacial score (nSPS) is 20.0. The van der Waals surface area contributed by atoms with E-state index in [2.05, 4.69) is 26.1 Å². The zero-order valence-electron chi connectivity index (χ0n) is 20.1. The van der Waals surface area contributed by atoms with Gasteiger partial charge in [0.1, 0.15) is 6.10 Å². The smallest absolute Gasteiger partial charge is 0.339 e. The zero-order valence-corrected chi connectivity index (χ0v) is 20.9. The van der Waals surface area contributed by atoms with Gasteiger partial charge in [0.05, 0.1) is 11.1 Å². The molecule has 3 atom stereocenters. The Balaban J connectivity index is 1.65.